The Hall–Kier alpha value is -2.29. The third kappa shape index (κ3) is 1.78. The van der Waals surface area contributed by atoms with Crippen molar-refractivity contribution >= 4 is 6.09 Å². The molecule has 2 aromatic rings. The molecule has 1 spiro atoms. The van der Waals surface area contributed by atoms with Gasteiger partial charge in [0, 0.05) is 13.1 Å². The molecule has 3 nitrogen and oxygen atoms in total. The number of amides is 1. The van der Waals surface area contributed by atoms with Crippen LogP contribution in [-0.4, -0.2) is 31.2 Å². The number of likely N-dealkylation sites (tertiary alicyclic amines) is 1. The molecule has 1 aliphatic carbocycles. The van der Waals surface area contributed by atoms with E-state index in [-0.39, 0.29) is 11.5 Å². The molecule has 22 heavy (non-hydrogen) atoms. The molecule has 0 radical (unpaired) electrons. The zero-order valence-corrected chi connectivity index (χ0v) is 12.7. The molecule has 0 unspecified atom stereocenters. The molecule has 0 saturated carbocycles. The first kappa shape index (κ1) is 13.4. The largest absolute Gasteiger partial charge is 0.453 e. The summed E-state index contributed by atoms with van der Waals surface area (Å²) >= 11 is 0. The van der Waals surface area contributed by atoms with Gasteiger partial charge in [0.25, 0.3) is 0 Å². The number of hydrogen-bond donors (Lipinski definition) is 0. The van der Waals surface area contributed by atoms with Gasteiger partial charge in [-0.05, 0) is 35.1 Å². The molecule has 0 N–H and O–H groups in total. The first-order valence-corrected chi connectivity index (χ1v) is 7.74. The first-order chi connectivity index (χ1) is 10.7. The summed E-state index contributed by atoms with van der Waals surface area (Å²) < 4.78 is 4.88. The van der Waals surface area contributed by atoms with Crippen molar-refractivity contribution in [2.45, 2.75) is 18.3 Å². The normalized spacial score (nSPS) is 18.0. The first-order valence-electron chi connectivity index (χ1n) is 7.74. The molecule has 0 bridgehead atoms. The Bertz CT molecular complexity index is 682. The second kappa shape index (κ2) is 4.87. The standard InChI is InChI=1S/C19H19NO2/c1-22-18(21)20-12-19(13-20)16-8-4-2-6-14(16)10-11-15-7-3-5-9-17(15)19/h2-9H,10-13H2,1H3. The van der Waals surface area contributed by atoms with Crippen LogP contribution in [0.4, 0.5) is 4.79 Å². The van der Waals surface area contributed by atoms with Crippen LogP contribution in [0.3, 0.4) is 0 Å². The van der Waals surface area contributed by atoms with Crippen LogP contribution in [-0.2, 0) is 23.0 Å². The summed E-state index contributed by atoms with van der Waals surface area (Å²) in [5.74, 6) is 0. The summed E-state index contributed by atoms with van der Waals surface area (Å²) in [5.41, 5.74) is 5.49. The summed E-state index contributed by atoms with van der Waals surface area (Å²) in [6, 6.07) is 17.3. The number of carbonyl (C=O) groups excluding carboxylic acids is 1. The fourth-order valence-electron chi connectivity index (χ4n) is 4.03. The van der Waals surface area contributed by atoms with E-state index in [2.05, 4.69) is 48.5 Å². The van der Waals surface area contributed by atoms with Gasteiger partial charge in [0.05, 0.1) is 12.5 Å². The number of methoxy groups -OCH3 is 1. The second-order valence-corrected chi connectivity index (χ2v) is 6.22. The molecule has 1 heterocycles. The maximum Gasteiger partial charge on any atom is 0.409 e. The second-order valence-electron chi connectivity index (χ2n) is 6.22. The minimum atomic E-state index is -0.232. The van der Waals surface area contributed by atoms with Crippen molar-refractivity contribution in [1.82, 2.24) is 4.90 Å². The quantitative estimate of drug-likeness (QED) is 0.747. The topological polar surface area (TPSA) is 29.5 Å². The monoisotopic (exact) mass is 293 g/mol. The minimum Gasteiger partial charge on any atom is -0.453 e. The van der Waals surface area contributed by atoms with Gasteiger partial charge in [-0.2, -0.15) is 0 Å². The average molecular weight is 293 g/mol. The fraction of sp³-hybridized carbons (Fsp3) is 0.316. The molecule has 2 aromatic carbocycles. The Morgan fingerprint density at radius 2 is 1.45 bits per heavy atom. The zero-order valence-electron chi connectivity index (χ0n) is 12.7. The summed E-state index contributed by atoms with van der Waals surface area (Å²) in [6.07, 6.45) is 1.89. The number of carbonyl (C=O) groups is 1. The molecule has 0 aromatic heterocycles. The Kier molecular flexibility index (Phi) is 2.96. The smallest absolute Gasteiger partial charge is 0.409 e. The van der Waals surface area contributed by atoms with Crippen LogP contribution in [0.25, 0.3) is 0 Å². The van der Waals surface area contributed by atoms with Crippen LogP contribution >= 0.6 is 0 Å². The average Bonchev–Trinajstić information content (AvgIpc) is 2.67. The summed E-state index contributed by atoms with van der Waals surface area (Å²) in [6.45, 7) is 1.40. The van der Waals surface area contributed by atoms with Gasteiger partial charge in [-0.3, -0.25) is 0 Å². The van der Waals surface area contributed by atoms with E-state index in [4.69, 9.17) is 4.74 Å². The van der Waals surface area contributed by atoms with Crippen LogP contribution in [0.2, 0.25) is 0 Å². The Morgan fingerprint density at radius 1 is 0.955 bits per heavy atom. The van der Waals surface area contributed by atoms with E-state index in [1.54, 1.807) is 4.90 Å². The van der Waals surface area contributed by atoms with E-state index in [0.717, 1.165) is 12.8 Å². The van der Waals surface area contributed by atoms with Crippen molar-refractivity contribution in [1.29, 1.82) is 0 Å². The Morgan fingerprint density at radius 3 is 1.95 bits per heavy atom. The lowest BCUT2D eigenvalue weighted by molar-refractivity contribution is 0.0636. The van der Waals surface area contributed by atoms with E-state index in [1.807, 2.05) is 0 Å². The number of hydrogen-bond acceptors (Lipinski definition) is 2. The minimum absolute atomic E-state index is 0.0716. The Balaban J connectivity index is 1.85. The van der Waals surface area contributed by atoms with Gasteiger partial charge in [0.15, 0.2) is 0 Å². The molecular formula is C19H19NO2. The van der Waals surface area contributed by atoms with Crippen molar-refractivity contribution in [3.8, 4) is 0 Å². The maximum atomic E-state index is 11.8. The fourth-order valence-corrected chi connectivity index (χ4v) is 4.03. The molecular weight excluding hydrogens is 274 g/mol. The highest BCUT2D eigenvalue weighted by Gasteiger charge is 2.50. The number of benzene rings is 2. The van der Waals surface area contributed by atoms with Crippen LogP contribution in [0, 0.1) is 0 Å². The predicted octanol–water partition coefficient (Wildman–Crippen LogP) is 3.15. The number of aryl methyl sites for hydroxylation is 2. The number of fused-ring (bicyclic) bond motifs is 4. The van der Waals surface area contributed by atoms with Gasteiger partial charge < -0.3 is 9.64 Å². The highest BCUT2D eigenvalue weighted by atomic mass is 16.5. The van der Waals surface area contributed by atoms with Crippen molar-refractivity contribution in [3.05, 3.63) is 70.8 Å². The molecule has 1 amide bonds. The van der Waals surface area contributed by atoms with Gasteiger partial charge >= 0.3 is 6.09 Å². The summed E-state index contributed by atoms with van der Waals surface area (Å²) in [4.78, 5) is 13.6. The van der Waals surface area contributed by atoms with Gasteiger partial charge in [0.1, 0.15) is 0 Å². The van der Waals surface area contributed by atoms with Crippen LogP contribution < -0.4 is 0 Å². The van der Waals surface area contributed by atoms with Crippen LogP contribution in [0.1, 0.15) is 22.3 Å². The zero-order chi connectivity index (χ0) is 15.2. The van der Waals surface area contributed by atoms with E-state index in [1.165, 1.54) is 29.4 Å². The SMILES string of the molecule is COC(=O)N1CC2(C1)c1ccccc1CCc1ccccc12. The molecule has 112 valence electrons. The van der Waals surface area contributed by atoms with Gasteiger partial charge in [0.2, 0.25) is 0 Å². The molecule has 1 fully saturated rings. The Labute approximate surface area is 130 Å². The highest BCUT2D eigenvalue weighted by molar-refractivity contribution is 5.71. The third-order valence-corrected chi connectivity index (χ3v) is 5.08. The molecule has 2 aliphatic rings. The molecule has 0 atom stereocenters. The molecule has 4 rings (SSSR count). The number of ether oxygens (including phenoxy) is 1. The van der Waals surface area contributed by atoms with E-state index < -0.39 is 0 Å². The number of rotatable bonds is 0. The summed E-state index contributed by atoms with van der Waals surface area (Å²) in [5, 5.41) is 0. The van der Waals surface area contributed by atoms with Crippen LogP contribution in [0.5, 0.6) is 0 Å². The molecule has 1 aliphatic heterocycles. The number of nitrogens with zero attached hydrogens (tertiary/aromatic N) is 1. The lowest BCUT2D eigenvalue weighted by atomic mass is 9.67. The molecule has 1 saturated heterocycles. The van der Waals surface area contributed by atoms with Crippen molar-refractivity contribution in [2.24, 2.45) is 0 Å². The third-order valence-electron chi connectivity index (χ3n) is 5.08. The van der Waals surface area contributed by atoms with Gasteiger partial charge in [-0.15, -0.1) is 0 Å². The van der Waals surface area contributed by atoms with E-state index >= 15 is 0 Å². The van der Waals surface area contributed by atoms with Gasteiger partial charge in [-0.1, -0.05) is 48.5 Å². The van der Waals surface area contributed by atoms with Gasteiger partial charge in [-0.25, -0.2) is 4.79 Å². The van der Waals surface area contributed by atoms with Crippen LogP contribution in [0.15, 0.2) is 48.5 Å². The lowest BCUT2D eigenvalue weighted by Crippen LogP contribution is -2.62. The van der Waals surface area contributed by atoms with Crippen molar-refractivity contribution < 1.29 is 9.53 Å². The van der Waals surface area contributed by atoms with E-state index in [0.29, 0.717) is 13.1 Å². The maximum absolute atomic E-state index is 11.8. The highest BCUT2D eigenvalue weighted by Crippen LogP contribution is 2.45. The van der Waals surface area contributed by atoms with Crippen molar-refractivity contribution in [3.63, 3.8) is 0 Å². The molecule has 3 heteroatoms. The lowest BCUT2D eigenvalue weighted by Gasteiger charge is -2.50. The van der Waals surface area contributed by atoms with E-state index in [9.17, 15) is 4.79 Å². The summed E-state index contributed by atoms with van der Waals surface area (Å²) in [7, 11) is 1.45. The van der Waals surface area contributed by atoms with Crippen molar-refractivity contribution in [2.75, 3.05) is 20.2 Å². The predicted molar refractivity (Wildman–Crippen MR) is 85.1 cm³/mol.